The number of nitrogens with one attached hydrogen (secondary N) is 1. The van der Waals surface area contributed by atoms with E-state index in [2.05, 4.69) is 5.32 Å². The van der Waals surface area contributed by atoms with Crippen molar-refractivity contribution < 1.29 is 19.1 Å². The molecule has 1 N–H and O–H groups in total. The van der Waals surface area contributed by atoms with Crippen LogP contribution in [0.3, 0.4) is 0 Å². The summed E-state index contributed by atoms with van der Waals surface area (Å²) in [5.74, 6) is -0.0589. The van der Waals surface area contributed by atoms with E-state index in [0.717, 1.165) is 5.56 Å². The van der Waals surface area contributed by atoms with Crippen molar-refractivity contribution in [2.24, 2.45) is 0 Å². The smallest absolute Gasteiger partial charge is 0.338 e. The molecular formula is C19H21NO4. The zero-order valence-corrected chi connectivity index (χ0v) is 14.3. The van der Waals surface area contributed by atoms with Crippen LogP contribution in [0.25, 0.3) is 0 Å². The van der Waals surface area contributed by atoms with Crippen molar-refractivity contribution in [2.45, 2.75) is 26.9 Å². The Balaban J connectivity index is 2.12. The van der Waals surface area contributed by atoms with Gasteiger partial charge in [-0.05, 0) is 50.1 Å². The Hall–Kier alpha value is -2.82. The Kier molecular flexibility index (Phi) is 5.58. The predicted octanol–water partition coefficient (Wildman–Crippen LogP) is 3.50. The molecule has 5 heteroatoms. The second kappa shape index (κ2) is 7.64. The number of aryl methyl sites for hydroxylation is 1. The third-order valence-electron chi connectivity index (χ3n) is 3.76. The molecule has 126 valence electrons. The van der Waals surface area contributed by atoms with Crippen LogP contribution in [0.4, 0.5) is 5.69 Å². The van der Waals surface area contributed by atoms with Crippen LogP contribution in [0.1, 0.15) is 28.4 Å². The maximum absolute atomic E-state index is 12.4. The summed E-state index contributed by atoms with van der Waals surface area (Å²) in [5, 5.41) is 2.80. The van der Waals surface area contributed by atoms with E-state index in [4.69, 9.17) is 9.47 Å². The minimum absolute atomic E-state index is 0.289. The number of carbonyl (C=O) groups excluding carboxylic acids is 2. The number of ether oxygens (including phenoxy) is 2. The molecule has 0 radical (unpaired) electrons. The van der Waals surface area contributed by atoms with Crippen LogP contribution in [0, 0.1) is 13.8 Å². The van der Waals surface area contributed by atoms with Gasteiger partial charge in [-0.2, -0.15) is 0 Å². The van der Waals surface area contributed by atoms with Gasteiger partial charge in [0.05, 0.1) is 12.7 Å². The fraction of sp³-hybridized carbons (Fsp3) is 0.263. The van der Waals surface area contributed by atoms with Crippen molar-refractivity contribution in [1.29, 1.82) is 0 Å². The number of hydrogen-bond donors (Lipinski definition) is 1. The number of para-hydroxylation sites is 1. The summed E-state index contributed by atoms with van der Waals surface area (Å²) >= 11 is 0. The number of anilines is 1. The third-order valence-corrected chi connectivity index (χ3v) is 3.76. The first-order valence-corrected chi connectivity index (χ1v) is 7.65. The van der Waals surface area contributed by atoms with E-state index in [1.165, 1.54) is 7.11 Å². The van der Waals surface area contributed by atoms with E-state index in [0.29, 0.717) is 22.6 Å². The Morgan fingerprint density at radius 2 is 1.75 bits per heavy atom. The molecule has 0 aliphatic heterocycles. The van der Waals surface area contributed by atoms with Gasteiger partial charge in [0, 0.05) is 5.69 Å². The van der Waals surface area contributed by atoms with Gasteiger partial charge in [-0.25, -0.2) is 4.79 Å². The Morgan fingerprint density at radius 1 is 1.04 bits per heavy atom. The van der Waals surface area contributed by atoms with E-state index in [9.17, 15) is 9.59 Å². The third kappa shape index (κ3) is 3.93. The highest BCUT2D eigenvalue weighted by Gasteiger charge is 2.18. The molecule has 0 heterocycles. The molecule has 0 saturated carbocycles. The molecular weight excluding hydrogens is 306 g/mol. The van der Waals surface area contributed by atoms with Gasteiger partial charge in [-0.3, -0.25) is 4.79 Å². The first-order valence-electron chi connectivity index (χ1n) is 7.65. The quantitative estimate of drug-likeness (QED) is 0.854. The molecule has 0 bridgehead atoms. The highest BCUT2D eigenvalue weighted by Crippen LogP contribution is 2.21. The summed E-state index contributed by atoms with van der Waals surface area (Å²) in [6.45, 7) is 5.36. The van der Waals surface area contributed by atoms with Crippen molar-refractivity contribution in [3.63, 3.8) is 0 Å². The van der Waals surface area contributed by atoms with Gasteiger partial charge < -0.3 is 14.8 Å². The Morgan fingerprint density at radius 3 is 2.42 bits per heavy atom. The van der Waals surface area contributed by atoms with E-state index in [1.54, 1.807) is 32.0 Å². The van der Waals surface area contributed by atoms with Crippen LogP contribution in [0.2, 0.25) is 0 Å². The SMILES string of the molecule is COC(=O)c1cccc(NC(=O)[C@@H](C)Oc2ccccc2C)c1C. The first-order chi connectivity index (χ1) is 11.4. The summed E-state index contributed by atoms with van der Waals surface area (Å²) in [6.07, 6.45) is -0.674. The average molecular weight is 327 g/mol. The molecule has 1 atom stereocenters. The molecule has 2 aromatic carbocycles. The number of carbonyl (C=O) groups is 2. The minimum atomic E-state index is -0.674. The van der Waals surface area contributed by atoms with Crippen LogP contribution in [-0.2, 0) is 9.53 Å². The summed E-state index contributed by atoms with van der Waals surface area (Å²) in [6, 6.07) is 12.6. The molecule has 0 aliphatic rings. The van der Waals surface area contributed by atoms with Gasteiger partial charge in [-0.15, -0.1) is 0 Å². The molecule has 0 aromatic heterocycles. The largest absolute Gasteiger partial charge is 0.481 e. The van der Waals surface area contributed by atoms with Gasteiger partial charge in [-0.1, -0.05) is 24.3 Å². The summed E-state index contributed by atoms with van der Waals surface area (Å²) in [5.41, 5.74) is 2.59. The lowest BCUT2D eigenvalue weighted by Gasteiger charge is -2.17. The lowest BCUT2D eigenvalue weighted by Crippen LogP contribution is -2.30. The highest BCUT2D eigenvalue weighted by atomic mass is 16.5. The normalized spacial score (nSPS) is 11.5. The number of amides is 1. The van der Waals surface area contributed by atoms with Crippen molar-refractivity contribution in [3.05, 3.63) is 59.2 Å². The van der Waals surface area contributed by atoms with E-state index < -0.39 is 12.1 Å². The van der Waals surface area contributed by atoms with E-state index >= 15 is 0 Å². The number of benzene rings is 2. The molecule has 0 unspecified atom stereocenters. The van der Waals surface area contributed by atoms with Crippen molar-refractivity contribution in [1.82, 2.24) is 0 Å². The molecule has 2 rings (SSSR count). The fourth-order valence-corrected chi connectivity index (χ4v) is 2.27. The fourth-order valence-electron chi connectivity index (χ4n) is 2.27. The van der Waals surface area contributed by atoms with Gasteiger partial charge in [0.2, 0.25) is 0 Å². The minimum Gasteiger partial charge on any atom is -0.481 e. The highest BCUT2D eigenvalue weighted by molar-refractivity contribution is 5.98. The zero-order chi connectivity index (χ0) is 17.7. The Labute approximate surface area is 141 Å². The molecule has 5 nitrogen and oxygen atoms in total. The topological polar surface area (TPSA) is 64.6 Å². The zero-order valence-electron chi connectivity index (χ0n) is 14.3. The first kappa shape index (κ1) is 17.5. The molecule has 0 spiro atoms. The second-order valence-corrected chi connectivity index (χ2v) is 5.48. The van der Waals surface area contributed by atoms with Crippen LogP contribution >= 0.6 is 0 Å². The van der Waals surface area contributed by atoms with Crippen LogP contribution in [0.15, 0.2) is 42.5 Å². The number of rotatable bonds is 5. The summed E-state index contributed by atoms with van der Waals surface area (Å²) in [7, 11) is 1.32. The van der Waals surface area contributed by atoms with Gasteiger partial charge in [0.1, 0.15) is 5.75 Å². The van der Waals surface area contributed by atoms with Gasteiger partial charge in [0.15, 0.2) is 6.10 Å². The lowest BCUT2D eigenvalue weighted by atomic mass is 10.1. The molecule has 0 saturated heterocycles. The van der Waals surface area contributed by atoms with Crippen molar-refractivity contribution in [3.8, 4) is 5.75 Å². The van der Waals surface area contributed by atoms with E-state index in [1.807, 2.05) is 31.2 Å². The number of esters is 1. The Bertz CT molecular complexity index is 755. The van der Waals surface area contributed by atoms with Crippen molar-refractivity contribution in [2.75, 3.05) is 12.4 Å². The van der Waals surface area contributed by atoms with Crippen molar-refractivity contribution >= 4 is 17.6 Å². The van der Waals surface area contributed by atoms with Gasteiger partial charge >= 0.3 is 5.97 Å². The molecule has 24 heavy (non-hydrogen) atoms. The lowest BCUT2D eigenvalue weighted by molar-refractivity contribution is -0.122. The van der Waals surface area contributed by atoms with Gasteiger partial charge in [0.25, 0.3) is 5.91 Å². The maximum atomic E-state index is 12.4. The number of methoxy groups -OCH3 is 1. The molecule has 0 fully saturated rings. The standard InChI is InChI=1S/C19H21NO4/c1-12-8-5-6-11-17(12)24-14(3)18(21)20-16-10-7-9-15(13(16)2)19(22)23-4/h5-11,14H,1-4H3,(H,20,21)/t14-/m1/s1. The van der Waals surface area contributed by atoms with Crippen LogP contribution < -0.4 is 10.1 Å². The number of hydrogen-bond acceptors (Lipinski definition) is 4. The van der Waals surface area contributed by atoms with Crippen LogP contribution in [0.5, 0.6) is 5.75 Å². The monoisotopic (exact) mass is 327 g/mol. The van der Waals surface area contributed by atoms with Crippen LogP contribution in [-0.4, -0.2) is 25.1 Å². The second-order valence-electron chi connectivity index (χ2n) is 5.48. The van der Waals surface area contributed by atoms with E-state index in [-0.39, 0.29) is 5.91 Å². The average Bonchev–Trinajstić information content (AvgIpc) is 2.58. The molecule has 1 amide bonds. The summed E-state index contributed by atoms with van der Waals surface area (Å²) < 4.78 is 10.5. The maximum Gasteiger partial charge on any atom is 0.338 e. The molecule has 0 aliphatic carbocycles. The predicted molar refractivity (Wildman–Crippen MR) is 92.4 cm³/mol. The summed E-state index contributed by atoms with van der Waals surface area (Å²) in [4.78, 5) is 24.1. The molecule has 2 aromatic rings.